The van der Waals surface area contributed by atoms with Gasteiger partial charge in [0.1, 0.15) is 11.7 Å². The zero-order valence-electron chi connectivity index (χ0n) is 18.8. The molecule has 9 heteroatoms. The van der Waals surface area contributed by atoms with Crippen LogP contribution in [0.1, 0.15) is 58.4 Å². The molecular formula is C22H31NO8. The molecule has 0 amide bonds. The Bertz CT molecular complexity index is 820. The largest absolute Gasteiger partial charge is 0.493 e. The maximum atomic E-state index is 13.3. The Hall–Kier alpha value is -2.84. The third-order valence-electron chi connectivity index (χ3n) is 5.32. The molecule has 2 atom stereocenters. The average molecular weight is 437 g/mol. The second-order valence-corrected chi connectivity index (χ2v) is 8.37. The van der Waals surface area contributed by atoms with Gasteiger partial charge >= 0.3 is 5.97 Å². The van der Waals surface area contributed by atoms with Gasteiger partial charge in [0, 0.05) is 11.3 Å². The predicted molar refractivity (Wildman–Crippen MR) is 112 cm³/mol. The first-order valence-corrected chi connectivity index (χ1v) is 10.4. The van der Waals surface area contributed by atoms with Gasteiger partial charge in [-0.2, -0.15) is 0 Å². The quantitative estimate of drug-likeness (QED) is 0.210. The van der Waals surface area contributed by atoms with Crippen LogP contribution in [-0.4, -0.2) is 43.7 Å². The molecule has 0 bridgehead atoms. The smallest absolute Gasteiger partial charge is 0.317 e. The molecule has 0 aliphatic carbocycles. The maximum Gasteiger partial charge on any atom is 0.317 e. The van der Waals surface area contributed by atoms with Crippen molar-refractivity contribution in [2.45, 2.75) is 52.9 Å². The number of carbonyl (C=O) groups is 2. The zero-order valence-corrected chi connectivity index (χ0v) is 18.8. The second kappa shape index (κ2) is 10.5. The molecule has 0 N–H and O–H groups in total. The van der Waals surface area contributed by atoms with E-state index in [4.69, 9.17) is 18.9 Å². The summed E-state index contributed by atoms with van der Waals surface area (Å²) in [5.74, 6) is -2.43. The van der Waals surface area contributed by atoms with E-state index in [0.717, 1.165) is 12.8 Å². The van der Waals surface area contributed by atoms with Gasteiger partial charge in [0.15, 0.2) is 11.5 Å². The molecule has 0 spiro atoms. The van der Waals surface area contributed by atoms with Gasteiger partial charge in [-0.25, -0.2) is 0 Å². The summed E-state index contributed by atoms with van der Waals surface area (Å²) in [5.41, 5.74) is 0.0417. The lowest BCUT2D eigenvalue weighted by atomic mass is 9.75. The first-order chi connectivity index (χ1) is 14.6. The van der Waals surface area contributed by atoms with Crippen molar-refractivity contribution in [3.8, 4) is 17.2 Å². The van der Waals surface area contributed by atoms with E-state index in [-0.39, 0.29) is 31.0 Å². The molecule has 9 nitrogen and oxygen atoms in total. The van der Waals surface area contributed by atoms with E-state index in [0.29, 0.717) is 22.8 Å². The highest BCUT2D eigenvalue weighted by Gasteiger charge is 2.42. The van der Waals surface area contributed by atoms with Gasteiger partial charge in [0.2, 0.25) is 19.1 Å². The maximum absolute atomic E-state index is 13.3. The number of fused-ring (bicyclic) bond motifs is 1. The minimum Gasteiger partial charge on any atom is -0.493 e. The summed E-state index contributed by atoms with van der Waals surface area (Å²) in [6.07, 6.45) is 1.77. The Morgan fingerprint density at radius 3 is 2.55 bits per heavy atom. The van der Waals surface area contributed by atoms with Gasteiger partial charge in [-0.15, -0.1) is 0 Å². The van der Waals surface area contributed by atoms with Crippen LogP contribution in [0.15, 0.2) is 12.1 Å². The molecule has 1 aromatic carbocycles. The van der Waals surface area contributed by atoms with Crippen LogP contribution in [-0.2, 0) is 14.3 Å². The Morgan fingerprint density at radius 1 is 1.26 bits per heavy atom. The molecule has 1 heterocycles. The van der Waals surface area contributed by atoms with Crippen LogP contribution < -0.4 is 14.2 Å². The van der Waals surface area contributed by atoms with Gasteiger partial charge in [-0.3, -0.25) is 19.7 Å². The van der Waals surface area contributed by atoms with Crippen molar-refractivity contribution in [3.05, 3.63) is 27.8 Å². The molecule has 0 saturated heterocycles. The number of esters is 1. The van der Waals surface area contributed by atoms with Gasteiger partial charge in [-0.1, -0.05) is 27.2 Å². The Morgan fingerprint density at radius 2 is 1.97 bits per heavy atom. The second-order valence-electron chi connectivity index (χ2n) is 8.37. The third kappa shape index (κ3) is 6.08. The molecule has 0 unspecified atom stereocenters. The fourth-order valence-electron chi connectivity index (χ4n) is 4.03. The van der Waals surface area contributed by atoms with Crippen molar-refractivity contribution in [1.82, 2.24) is 0 Å². The van der Waals surface area contributed by atoms with E-state index in [9.17, 15) is 19.7 Å². The highest BCUT2D eigenvalue weighted by Crippen LogP contribution is 2.45. The Labute approximate surface area is 182 Å². The fraction of sp³-hybridized carbons (Fsp3) is 0.636. The summed E-state index contributed by atoms with van der Waals surface area (Å²) in [6, 6.07) is 3.12. The van der Waals surface area contributed by atoms with Crippen LogP contribution in [0.5, 0.6) is 17.2 Å². The van der Waals surface area contributed by atoms with E-state index in [2.05, 4.69) is 0 Å². The van der Waals surface area contributed by atoms with Crippen LogP contribution in [0, 0.1) is 21.4 Å². The lowest BCUT2D eigenvalue weighted by Gasteiger charge is -2.28. The number of Topliss-reactive ketones (excluding diaryl/α,β-unsaturated/α-hetero) is 1. The Balaban J connectivity index is 2.52. The minimum absolute atomic E-state index is 0.0134. The number of nitrogens with zero attached hydrogens (tertiary/aromatic N) is 1. The van der Waals surface area contributed by atoms with Crippen molar-refractivity contribution >= 4 is 11.8 Å². The number of hydrogen-bond acceptors (Lipinski definition) is 8. The van der Waals surface area contributed by atoms with Crippen LogP contribution >= 0.6 is 0 Å². The molecule has 1 aliphatic rings. The standard InChI is InChI=1S/C22H31NO8/c1-6-8-22(3,4)11-16(24)19(21(25)29-7-2)15(12-23(26)27)14-9-17(28-5)20-18(10-14)30-13-31-20/h9-10,15,19H,6-8,11-13H2,1-5H3/t15-,19+/m1/s1. The van der Waals surface area contributed by atoms with Crippen LogP contribution in [0.2, 0.25) is 0 Å². The van der Waals surface area contributed by atoms with E-state index < -0.39 is 29.3 Å². The number of rotatable bonds is 12. The normalized spacial score (nSPS) is 14.6. The Kier molecular flexibility index (Phi) is 8.24. The molecule has 31 heavy (non-hydrogen) atoms. The van der Waals surface area contributed by atoms with Crippen LogP contribution in [0.3, 0.4) is 0 Å². The summed E-state index contributed by atoms with van der Waals surface area (Å²) >= 11 is 0. The molecule has 1 aliphatic heterocycles. The number of ketones is 1. The zero-order chi connectivity index (χ0) is 23.2. The van der Waals surface area contributed by atoms with Crippen LogP contribution in [0.25, 0.3) is 0 Å². The average Bonchev–Trinajstić information content (AvgIpc) is 3.14. The predicted octanol–water partition coefficient (Wildman–Crippen LogP) is 3.75. The van der Waals surface area contributed by atoms with Crippen molar-refractivity contribution in [2.24, 2.45) is 11.3 Å². The first-order valence-electron chi connectivity index (χ1n) is 10.4. The summed E-state index contributed by atoms with van der Waals surface area (Å²) in [6.45, 7) is 6.98. The summed E-state index contributed by atoms with van der Waals surface area (Å²) in [7, 11) is 1.44. The number of hydrogen-bond donors (Lipinski definition) is 0. The molecule has 0 aromatic heterocycles. The summed E-state index contributed by atoms with van der Waals surface area (Å²) in [4.78, 5) is 37.2. The van der Waals surface area contributed by atoms with E-state index in [1.807, 2.05) is 20.8 Å². The van der Waals surface area contributed by atoms with Crippen molar-refractivity contribution in [2.75, 3.05) is 27.1 Å². The monoisotopic (exact) mass is 437 g/mol. The number of nitro groups is 1. The van der Waals surface area contributed by atoms with E-state index in [1.165, 1.54) is 7.11 Å². The topological polar surface area (TPSA) is 114 Å². The van der Waals surface area contributed by atoms with Crippen molar-refractivity contribution < 1.29 is 33.5 Å². The molecular weight excluding hydrogens is 406 g/mol. The van der Waals surface area contributed by atoms with Gasteiger partial charge in [-0.05, 0) is 36.5 Å². The third-order valence-corrected chi connectivity index (χ3v) is 5.32. The first kappa shape index (κ1) is 24.4. The molecule has 1 aromatic rings. The van der Waals surface area contributed by atoms with Gasteiger partial charge in [0.25, 0.3) is 0 Å². The summed E-state index contributed by atoms with van der Waals surface area (Å²) < 4.78 is 21.3. The number of carbonyl (C=O) groups excluding carboxylic acids is 2. The molecule has 0 fully saturated rings. The number of ether oxygens (including phenoxy) is 4. The minimum atomic E-state index is -1.31. The highest BCUT2D eigenvalue weighted by molar-refractivity contribution is 6.00. The van der Waals surface area contributed by atoms with E-state index >= 15 is 0 Å². The molecule has 0 saturated carbocycles. The fourth-order valence-corrected chi connectivity index (χ4v) is 4.03. The van der Waals surface area contributed by atoms with Crippen molar-refractivity contribution in [3.63, 3.8) is 0 Å². The highest BCUT2D eigenvalue weighted by atomic mass is 16.7. The number of methoxy groups -OCH3 is 1. The number of benzene rings is 1. The molecule has 172 valence electrons. The van der Waals surface area contributed by atoms with Crippen LogP contribution in [0.4, 0.5) is 0 Å². The van der Waals surface area contributed by atoms with Crippen molar-refractivity contribution in [1.29, 1.82) is 0 Å². The molecule has 0 radical (unpaired) electrons. The van der Waals surface area contributed by atoms with Gasteiger partial charge in [0.05, 0.1) is 19.6 Å². The lowest BCUT2D eigenvalue weighted by molar-refractivity contribution is -0.484. The summed E-state index contributed by atoms with van der Waals surface area (Å²) in [5, 5.41) is 11.5. The van der Waals surface area contributed by atoms with E-state index in [1.54, 1.807) is 19.1 Å². The SMILES string of the molecule is CCCC(C)(C)CC(=O)[C@@H](C(=O)OCC)[C@H](C[N+](=O)[O-])c1cc(OC)c2c(c1)OCO2. The van der Waals surface area contributed by atoms with Gasteiger partial charge < -0.3 is 18.9 Å². The lowest BCUT2D eigenvalue weighted by Crippen LogP contribution is -2.37. The molecule has 2 rings (SSSR count).